The first kappa shape index (κ1) is 16.3. The van der Waals surface area contributed by atoms with Crippen LogP contribution in [-0.4, -0.2) is 9.97 Å². The smallest absolute Gasteiger partial charge is 0.0365 e. The van der Waals surface area contributed by atoms with Crippen molar-refractivity contribution < 1.29 is 31.1 Å². The number of hydrogen-bond donors (Lipinski definition) is 0. The molecule has 171 valence electrons. The van der Waals surface area contributed by atoms with Gasteiger partial charge in [0.2, 0.25) is 0 Å². The normalized spacial score (nSPS) is 14.6. The zero-order valence-electron chi connectivity index (χ0n) is 26.1. The third-order valence-corrected chi connectivity index (χ3v) is 4.66. The molecular weight excluding hydrogens is 593 g/mol. The van der Waals surface area contributed by atoms with Gasteiger partial charge in [-0.1, -0.05) is 55.4 Å². The molecule has 34 heavy (non-hydrogen) atoms. The van der Waals surface area contributed by atoms with Crippen LogP contribution in [0.4, 0.5) is 0 Å². The van der Waals surface area contributed by atoms with Gasteiger partial charge in [0.1, 0.15) is 0 Å². The molecule has 0 amide bonds. The van der Waals surface area contributed by atoms with E-state index in [4.69, 9.17) is 11.0 Å². The van der Waals surface area contributed by atoms with Gasteiger partial charge in [-0.3, -0.25) is 0 Å². The number of nitrogens with zero attached hydrogens (tertiary/aromatic N) is 2. The van der Waals surface area contributed by atoms with Crippen LogP contribution in [0, 0.1) is 25.8 Å². The standard InChI is InChI=1S/C18H14N.C13H12N.Ir/c1-3-7-15(8-4-1)13-16-11-12-19-18(14-16)17-9-5-2-6-10-17;1-10-3-6-12(7-4-10)13-8-5-11(2)9-14-13;/h1-9,11-12,14H,13H2;3-6,8-9H,1-2H3;/q2*-1;/i13D2;1D3,2D3;. The van der Waals surface area contributed by atoms with Gasteiger partial charge in [0, 0.05) is 43.5 Å². The fourth-order valence-corrected chi connectivity index (χ4v) is 3.03. The Hall–Kier alpha value is -3.39. The van der Waals surface area contributed by atoms with Gasteiger partial charge in [-0.2, -0.15) is 0 Å². The maximum Gasteiger partial charge on any atom is 0.0365 e. The van der Waals surface area contributed by atoms with Crippen LogP contribution in [0.2, 0.25) is 0 Å². The van der Waals surface area contributed by atoms with Gasteiger partial charge in [-0.25, -0.2) is 0 Å². The number of aryl methyl sites for hydroxylation is 2. The predicted octanol–water partition coefficient (Wildman–Crippen LogP) is 7.30. The van der Waals surface area contributed by atoms with E-state index in [2.05, 4.69) is 22.1 Å². The molecule has 0 fully saturated rings. The van der Waals surface area contributed by atoms with E-state index in [9.17, 15) is 0 Å². The second-order valence-electron chi connectivity index (χ2n) is 7.12. The van der Waals surface area contributed by atoms with Crippen LogP contribution in [0.1, 0.15) is 33.2 Å². The van der Waals surface area contributed by atoms with Gasteiger partial charge in [0.05, 0.1) is 0 Å². The summed E-state index contributed by atoms with van der Waals surface area (Å²) in [4.78, 5) is 8.39. The molecule has 0 spiro atoms. The molecule has 0 atom stereocenters. The molecule has 0 aliphatic rings. The van der Waals surface area contributed by atoms with Crippen LogP contribution in [0.3, 0.4) is 0 Å². The third kappa shape index (κ3) is 7.31. The van der Waals surface area contributed by atoms with E-state index in [1.807, 2.05) is 42.5 Å². The van der Waals surface area contributed by atoms with Crippen molar-refractivity contribution in [3.8, 4) is 22.5 Å². The Morgan fingerprint density at radius 3 is 2.21 bits per heavy atom. The quantitative estimate of drug-likeness (QED) is 0.196. The molecule has 0 bridgehead atoms. The summed E-state index contributed by atoms with van der Waals surface area (Å²) in [5, 5.41) is 0. The van der Waals surface area contributed by atoms with Crippen molar-refractivity contribution in [1.29, 1.82) is 0 Å². The number of benzene rings is 3. The van der Waals surface area contributed by atoms with Gasteiger partial charge in [0.25, 0.3) is 0 Å². The number of hydrogen-bond acceptors (Lipinski definition) is 2. The fraction of sp³-hybridized carbons (Fsp3) is 0.0968. The van der Waals surface area contributed by atoms with Crippen LogP contribution in [0.25, 0.3) is 22.5 Å². The van der Waals surface area contributed by atoms with E-state index < -0.39 is 20.1 Å². The molecule has 3 aromatic carbocycles. The molecule has 0 aliphatic carbocycles. The Labute approximate surface area is 227 Å². The topological polar surface area (TPSA) is 25.8 Å². The summed E-state index contributed by atoms with van der Waals surface area (Å²) in [6, 6.07) is 33.8. The predicted molar refractivity (Wildman–Crippen MR) is 136 cm³/mol. The van der Waals surface area contributed by atoms with Crippen molar-refractivity contribution in [2.45, 2.75) is 20.1 Å². The molecule has 0 saturated carbocycles. The molecule has 0 unspecified atom stereocenters. The minimum atomic E-state index is -2.18. The maximum atomic E-state index is 8.40. The summed E-state index contributed by atoms with van der Waals surface area (Å²) < 4.78 is 60.4. The van der Waals surface area contributed by atoms with Crippen molar-refractivity contribution in [2.24, 2.45) is 0 Å². The molecule has 5 aromatic rings. The molecule has 3 heteroatoms. The number of aromatic nitrogens is 2. The van der Waals surface area contributed by atoms with Gasteiger partial charge in [0.15, 0.2) is 0 Å². The van der Waals surface area contributed by atoms with Crippen LogP contribution in [0.5, 0.6) is 0 Å². The average molecular weight is 627 g/mol. The first-order valence-electron chi connectivity index (χ1n) is 14.3. The van der Waals surface area contributed by atoms with Gasteiger partial charge in [-0.15, -0.1) is 71.3 Å². The minimum Gasteiger partial charge on any atom is -0.305 e. The van der Waals surface area contributed by atoms with E-state index in [0.29, 0.717) is 22.4 Å². The summed E-state index contributed by atoms with van der Waals surface area (Å²) in [7, 11) is 0. The summed E-state index contributed by atoms with van der Waals surface area (Å²) >= 11 is 0. The summed E-state index contributed by atoms with van der Waals surface area (Å²) in [6.07, 6.45) is 1.40. The zero-order valence-corrected chi connectivity index (χ0v) is 20.5. The van der Waals surface area contributed by atoms with E-state index >= 15 is 0 Å². The second kappa shape index (κ2) is 12.7. The van der Waals surface area contributed by atoms with Crippen molar-refractivity contribution in [2.75, 3.05) is 0 Å². The molecule has 5 rings (SSSR count). The molecule has 2 nitrogen and oxygen atoms in total. The van der Waals surface area contributed by atoms with Crippen LogP contribution >= 0.6 is 0 Å². The van der Waals surface area contributed by atoms with Crippen LogP contribution < -0.4 is 0 Å². The van der Waals surface area contributed by atoms with E-state index in [1.165, 1.54) is 24.4 Å². The molecule has 2 aromatic heterocycles. The van der Waals surface area contributed by atoms with Crippen LogP contribution in [0.15, 0.2) is 109 Å². The Kier molecular flexibility index (Phi) is 6.10. The molecule has 0 aliphatic heterocycles. The number of rotatable bonds is 4. The third-order valence-electron chi connectivity index (χ3n) is 4.66. The first-order valence-corrected chi connectivity index (χ1v) is 10.3. The molecule has 1 radical (unpaired) electrons. The molecule has 0 saturated heterocycles. The minimum absolute atomic E-state index is 0. The Bertz CT molecular complexity index is 1500. The van der Waals surface area contributed by atoms with Gasteiger partial charge >= 0.3 is 0 Å². The second-order valence-corrected chi connectivity index (χ2v) is 7.12. The SMILES string of the molecule is [2H]C([2H])([2H])c1c[c-]c(-c2ccc(C([2H])([2H])[2H])cn2)cc1.[2H]C([2H])(c1ccccc1)c1ccnc(-c2[c-]cccc2)c1.[Ir]. The van der Waals surface area contributed by atoms with Crippen molar-refractivity contribution in [1.82, 2.24) is 9.97 Å². The van der Waals surface area contributed by atoms with E-state index in [1.54, 1.807) is 42.6 Å². The van der Waals surface area contributed by atoms with Crippen molar-refractivity contribution in [3.63, 3.8) is 0 Å². The van der Waals surface area contributed by atoms with Crippen molar-refractivity contribution in [3.05, 3.63) is 144 Å². The summed E-state index contributed by atoms with van der Waals surface area (Å²) in [5.74, 6) is 0. The average Bonchev–Trinajstić information content (AvgIpc) is 2.98. The largest absolute Gasteiger partial charge is 0.305 e. The van der Waals surface area contributed by atoms with Crippen LogP contribution in [-0.2, 0) is 26.5 Å². The summed E-state index contributed by atoms with van der Waals surface area (Å²) in [6.45, 7) is -4.34. The fourth-order valence-electron chi connectivity index (χ4n) is 3.03. The van der Waals surface area contributed by atoms with Crippen molar-refractivity contribution >= 4 is 0 Å². The van der Waals surface area contributed by atoms with Gasteiger partial charge < -0.3 is 9.97 Å². The van der Waals surface area contributed by atoms with E-state index in [0.717, 1.165) is 11.3 Å². The molecule has 2 heterocycles. The summed E-state index contributed by atoms with van der Waals surface area (Å²) in [5.41, 5.74) is 4.37. The Morgan fingerprint density at radius 1 is 0.735 bits per heavy atom. The Morgan fingerprint density at radius 2 is 1.53 bits per heavy atom. The molecule has 0 N–H and O–H groups in total. The van der Waals surface area contributed by atoms with Gasteiger partial charge in [-0.05, 0) is 47.4 Å². The first-order chi connectivity index (χ1) is 19.4. The van der Waals surface area contributed by atoms with E-state index in [-0.39, 0.29) is 31.2 Å². The zero-order chi connectivity index (χ0) is 29.7. The Balaban J connectivity index is 0.000000225. The maximum absolute atomic E-state index is 8.40. The number of pyridine rings is 2. The monoisotopic (exact) mass is 627 g/mol. The molecular formula is C31H26IrN2-2.